The van der Waals surface area contributed by atoms with E-state index >= 15 is 0 Å². The average molecular weight is 471 g/mol. The number of aromatic nitrogens is 2. The highest BCUT2D eigenvalue weighted by Gasteiger charge is 2.31. The van der Waals surface area contributed by atoms with Gasteiger partial charge in [-0.15, -0.1) is 0 Å². The number of hydrogen-bond donors (Lipinski definition) is 3. The number of morpholine rings is 1. The molecule has 2 aromatic rings. The predicted molar refractivity (Wildman–Crippen MR) is 131 cm³/mol. The molecule has 0 saturated carbocycles. The molecule has 1 aliphatic heterocycles. The number of aliphatic imine (C=N–C) groups is 2. The number of hydrogen-bond acceptors (Lipinski definition) is 8. The van der Waals surface area contributed by atoms with Crippen LogP contribution in [0.1, 0.15) is 31.9 Å². The maximum atomic E-state index is 14.2. The summed E-state index contributed by atoms with van der Waals surface area (Å²) in [4.78, 5) is 19.3. The van der Waals surface area contributed by atoms with Gasteiger partial charge in [-0.25, -0.2) is 24.3 Å². The van der Waals surface area contributed by atoms with E-state index in [-0.39, 0.29) is 23.1 Å². The van der Waals surface area contributed by atoms with Gasteiger partial charge in [0.1, 0.15) is 23.3 Å². The Balaban J connectivity index is 2.04. The maximum absolute atomic E-state index is 14.2. The van der Waals surface area contributed by atoms with Crippen LogP contribution in [0.4, 0.5) is 15.9 Å². The lowest BCUT2D eigenvalue weighted by atomic mass is 9.91. The first-order valence-electron chi connectivity index (χ1n) is 10.8. The van der Waals surface area contributed by atoms with Gasteiger partial charge in [0.25, 0.3) is 0 Å². The number of ether oxygens (including phenoxy) is 2. The zero-order chi connectivity index (χ0) is 24.9. The second-order valence-corrected chi connectivity index (χ2v) is 8.27. The monoisotopic (exact) mass is 470 g/mol. The van der Waals surface area contributed by atoms with Gasteiger partial charge in [0, 0.05) is 30.9 Å². The molecule has 2 aromatic heterocycles. The standard InChI is InChI=1S/C23H31FN8O2/c1-14(25)29-15(2)30-20(26)18-10-16(23(3,4)32-6-8-34-9-7-32)12-27-21(18)31-17-11-19(24)22(33-5)28-13-17/h10-13H,1,6-9,25H2,2-5H3,(H,27,31)(H2,26,29,30). The molecule has 0 bridgehead atoms. The first-order chi connectivity index (χ1) is 16.1. The minimum atomic E-state index is -0.606. The second-order valence-electron chi connectivity index (χ2n) is 8.27. The first kappa shape index (κ1) is 25.1. The van der Waals surface area contributed by atoms with Crippen molar-refractivity contribution < 1.29 is 13.9 Å². The number of pyridine rings is 2. The Bertz CT molecular complexity index is 1110. The van der Waals surface area contributed by atoms with Gasteiger partial charge in [0.15, 0.2) is 5.82 Å². The molecular formula is C23H31FN8O2. The number of nitrogens with two attached hydrogens (primary N) is 2. The number of rotatable bonds is 7. The van der Waals surface area contributed by atoms with Crippen molar-refractivity contribution in [1.29, 1.82) is 0 Å². The van der Waals surface area contributed by atoms with Crippen LogP contribution < -0.4 is 21.5 Å². The number of methoxy groups -OCH3 is 1. The molecule has 10 nitrogen and oxygen atoms in total. The zero-order valence-corrected chi connectivity index (χ0v) is 19.9. The van der Waals surface area contributed by atoms with Crippen molar-refractivity contribution in [3.63, 3.8) is 0 Å². The molecule has 0 unspecified atom stereocenters. The summed E-state index contributed by atoms with van der Waals surface area (Å²) in [7, 11) is 1.35. The third-order valence-corrected chi connectivity index (χ3v) is 5.52. The molecule has 1 saturated heterocycles. The van der Waals surface area contributed by atoms with Crippen molar-refractivity contribution >= 4 is 23.2 Å². The van der Waals surface area contributed by atoms with Gasteiger partial charge < -0.3 is 26.3 Å². The molecule has 1 aliphatic rings. The van der Waals surface area contributed by atoms with Gasteiger partial charge in [0.05, 0.1) is 37.8 Å². The van der Waals surface area contributed by atoms with E-state index in [1.54, 1.807) is 13.1 Å². The third-order valence-electron chi connectivity index (χ3n) is 5.52. The van der Waals surface area contributed by atoms with Crippen LogP contribution in [0.3, 0.4) is 0 Å². The number of nitrogens with one attached hydrogen (secondary N) is 1. The highest BCUT2D eigenvalue weighted by molar-refractivity contribution is 6.08. The largest absolute Gasteiger partial charge is 0.479 e. The zero-order valence-electron chi connectivity index (χ0n) is 19.9. The van der Waals surface area contributed by atoms with Crippen LogP contribution in [0, 0.1) is 5.82 Å². The summed E-state index contributed by atoms with van der Waals surface area (Å²) in [6, 6.07) is 3.18. The Morgan fingerprint density at radius 1 is 1.21 bits per heavy atom. The van der Waals surface area contributed by atoms with Gasteiger partial charge in [-0.1, -0.05) is 6.58 Å². The Morgan fingerprint density at radius 3 is 2.53 bits per heavy atom. The molecule has 34 heavy (non-hydrogen) atoms. The summed E-state index contributed by atoms with van der Waals surface area (Å²) in [5, 5.41) is 3.07. The van der Waals surface area contributed by atoms with E-state index in [0.717, 1.165) is 18.7 Å². The van der Waals surface area contributed by atoms with Gasteiger partial charge >= 0.3 is 0 Å². The molecule has 3 heterocycles. The van der Waals surface area contributed by atoms with E-state index in [9.17, 15) is 4.39 Å². The van der Waals surface area contributed by atoms with Crippen molar-refractivity contribution in [2.45, 2.75) is 26.3 Å². The maximum Gasteiger partial charge on any atom is 0.250 e. The van der Waals surface area contributed by atoms with Gasteiger partial charge in [0.2, 0.25) is 5.88 Å². The molecule has 0 aliphatic carbocycles. The van der Waals surface area contributed by atoms with Crippen LogP contribution in [0.15, 0.2) is 46.9 Å². The number of amidine groups is 2. The van der Waals surface area contributed by atoms with Crippen molar-refractivity contribution in [3.05, 3.63) is 53.9 Å². The summed E-state index contributed by atoms with van der Waals surface area (Å²) >= 11 is 0. The predicted octanol–water partition coefficient (Wildman–Crippen LogP) is 2.49. The van der Waals surface area contributed by atoms with Gasteiger partial charge in [-0.2, -0.15) is 0 Å². The van der Waals surface area contributed by atoms with E-state index in [4.69, 9.17) is 20.9 Å². The average Bonchev–Trinajstić information content (AvgIpc) is 2.79. The van der Waals surface area contributed by atoms with Gasteiger partial charge in [-0.3, -0.25) is 4.90 Å². The fraction of sp³-hybridized carbons (Fsp3) is 0.391. The first-order valence-corrected chi connectivity index (χ1v) is 10.8. The Labute approximate surface area is 198 Å². The smallest absolute Gasteiger partial charge is 0.250 e. The molecule has 0 radical (unpaired) electrons. The molecule has 182 valence electrons. The number of anilines is 2. The Kier molecular flexibility index (Phi) is 7.79. The SMILES string of the molecule is C=C(N)/N=C(C)\N=C(/N)c1cc(C(C)(C)N2CCOCC2)cnc1Nc1cnc(OC)c(F)c1. The third kappa shape index (κ3) is 5.86. The van der Waals surface area contributed by atoms with E-state index in [2.05, 4.69) is 50.6 Å². The normalized spacial score (nSPS) is 15.8. The molecular weight excluding hydrogens is 439 g/mol. The summed E-state index contributed by atoms with van der Waals surface area (Å²) in [6.07, 6.45) is 3.21. The molecule has 0 amide bonds. The molecule has 1 fully saturated rings. The Morgan fingerprint density at radius 2 is 1.91 bits per heavy atom. The number of nitrogens with zero attached hydrogens (tertiary/aromatic N) is 5. The van der Waals surface area contributed by atoms with E-state index in [1.807, 2.05) is 6.07 Å². The highest BCUT2D eigenvalue weighted by atomic mass is 19.1. The Hall–Kier alpha value is -3.57. The second kappa shape index (κ2) is 10.6. The minimum absolute atomic E-state index is 0.101. The van der Waals surface area contributed by atoms with E-state index in [0.29, 0.717) is 36.1 Å². The lowest BCUT2D eigenvalue weighted by Gasteiger charge is -2.41. The van der Waals surface area contributed by atoms with Crippen LogP contribution >= 0.6 is 0 Å². The molecule has 0 aromatic carbocycles. The van der Waals surface area contributed by atoms with E-state index in [1.165, 1.54) is 19.4 Å². The fourth-order valence-electron chi connectivity index (χ4n) is 3.65. The van der Waals surface area contributed by atoms with Gasteiger partial charge in [-0.05, 0) is 32.4 Å². The van der Waals surface area contributed by atoms with Crippen LogP contribution in [-0.2, 0) is 10.3 Å². The lowest BCUT2D eigenvalue weighted by Crippen LogP contribution is -2.48. The molecule has 5 N–H and O–H groups in total. The molecule has 0 spiro atoms. The highest BCUT2D eigenvalue weighted by Crippen LogP contribution is 2.31. The molecule has 11 heteroatoms. The minimum Gasteiger partial charge on any atom is -0.479 e. The fourth-order valence-corrected chi connectivity index (χ4v) is 3.65. The molecule has 3 rings (SSSR count). The summed E-state index contributed by atoms with van der Waals surface area (Å²) < 4.78 is 24.6. The number of halogens is 1. The van der Waals surface area contributed by atoms with Crippen LogP contribution in [0.2, 0.25) is 0 Å². The lowest BCUT2D eigenvalue weighted by molar-refractivity contribution is -0.0119. The summed E-state index contributed by atoms with van der Waals surface area (Å²) in [5.41, 5.74) is 13.4. The van der Waals surface area contributed by atoms with Crippen molar-refractivity contribution in [3.8, 4) is 5.88 Å². The molecule has 0 atom stereocenters. The van der Waals surface area contributed by atoms with Crippen LogP contribution in [-0.4, -0.2) is 60.0 Å². The van der Waals surface area contributed by atoms with Crippen molar-refractivity contribution in [2.75, 3.05) is 38.7 Å². The summed E-state index contributed by atoms with van der Waals surface area (Å²) in [6.45, 7) is 12.4. The van der Waals surface area contributed by atoms with E-state index < -0.39 is 5.82 Å². The van der Waals surface area contributed by atoms with Crippen LogP contribution in [0.25, 0.3) is 0 Å². The van der Waals surface area contributed by atoms with Crippen molar-refractivity contribution in [2.24, 2.45) is 21.5 Å². The topological polar surface area (TPSA) is 136 Å². The van der Waals surface area contributed by atoms with Crippen LogP contribution in [0.5, 0.6) is 5.88 Å². The quantitative estimate of drug-likeness (QED) is 0.415. The summed E-state index contributed by atoms with van der Waals surface area (Å²) in [5.74, 6) is 0.299. The van der Waals surface area contributed by atoms with Crippen molar-refractivity contribution in [1.82, 2.24) is 14.9 Å².